The molecule has 1 fully saturated rings. The average molecular weight is 359 g/mol. The number of carbonyl (C=O) groups excluding carboxylic acids is 1. The number of nitrogens with zero attached hydrogens (tertiary/aromatic N) is 2. The number of ether oxygens (including phenoxy) is 2. The first-order valence-electron chi connectivity index (χ1n) is 8.48. The second-order valence-electron chi connectivity index (χ2n) is 6.32. The van der Waals surface area contributed by atoms with Crippen LogP contribution in [0, 0.1) is 5.92 Å². The van der Waals surface area contributed by atoms with E-state index in [1.54, 1.807) is 32.4 Å². The third-order valence-corrected chi connectivity index (χ3v) is 5.64. The summed E-state index contributed by atoms with van der Waals surface area (Å²) in [6.45, 7) is 1.81. The second kappa shape index (κ2) is 6.63. The molecule has 25 heavy (non-hydrogen) atoms. The fourth-order valence-electron chi connectivity index (χ4n) is 3.15. The van der Waals surface area contributed by atoms with Gasteiger partial charge in [0.05, 0.1) is 14.2 Å². The Morgan fingerprint density at radius 2 is 1.96 bits per heavy atom. The number of nitrogens with one attached hydrogen (secondary N) is 1. The minimum Gasteiger partial charge on any atom is -0.497 e. The monoisotopic (exact) mass is 359 g/mol. The van der Waals surface area contributed by atoms with Gasteiger partial charge < -0.3 is 19.7 Å². The Balaban J connectivity index is 1.61. The summed E-state index contributed by atoms with van der Waals surface area (Å²) in [5, 5.41) is 3.97. The van der Waals surface area contributed by atoms with E-state index in [0.29, 0.717) is 23.1 Å². The van der Waals surface area contributed by atoms with E-state index in [0.717, 1.165) is 48.1 Å². The molecule has 0 unspecified atom stereocenters. The molecular weight excluding hydrogens is 338 g/mol. The molecule has 2 heterocycles. The molecule has 1 N–H and O–H groups in total. The van der Waals surface area contributed by atoms with Crippen LogP contribution >= 0.6 is 11.8 Å². The maximum absolute atomic E-state index is 12.9. The van der Waals surface area contributed by atoms with Crippen molar-refractivity contribution in [2.75, 3.05) is 32.6 Å². The lowest BCUT2D eigenvalue weighted by atomic mass is 10.2. The van der Waals surface area contributed by atoms with Crippen molar-refractivity contribution in [3.8, 4) is 11.5 Å². The van der Waals surface area contributed by atoms with Crippen molar-refractivity contribution in [2.24, 2.45) is 10.9 Å². The van der Waals surface area contributed by atoms with Gasteiger partial charge in [-0.25, -0.2) is 0 Å². The minimum absolute atomic E-state index is 0.0840. The van der Waals surface area contributed by atoms with Gasteiger partial charge in [-0.1, -0.05) is 0 Å². The second-order valence-corrected chi connectivity index (χ2v) is 7.29. The third-order valence-electron chi connectivity index (χ3n) is 4.51. The molecule has 0 spiro atoms. The van der Waals surface area contributed by atoms with Crippen LogP contribution in [0.15, 0.2) is 33.8 Å². The van der Waals surface area contributed by atoms with Crippen LogP contribution in [0.25, 0.3) is 0 Å². The van der Waals surface area contributed by atoms with Crippen LogP contribution in [0.1, 0.15) is 19.3 Å². The zero-order valence-electron chi connectivity index (χ0n) is 14.4. The first kappa shape index (κ1) is 16.3. The maximum Gasteiger partial charge on any atom is 0.264 e. The van der Waals surface area contributed by atoms with E-state index in [4.69, 9.17) is 9.47 Å². The number of aliphatic imine (C=N–C) groups is 1. The minimum atomic E-state index is -0.0840. The van der Waals surface area contributed by atoms with Crippen molar-refractivity contribution < 1.29 is 14.3 Å². The summed E-state index contributed by atoms with van der Waals surface area (Å²) < 4.78 is 10.6. The molecule has 0 radical (unpaired) electrons. The van der Waals surface area contributed by atoms with Gasteiger partial charge in [0.1, 0.15) is 16.4 Å². The molecule has 0 bridgehead atoms. The van der Waals surface area contributed by atoms with Crippen molar-refractivity contribution in [2.45, 2.75) is 19.3 Å². The van der Waals surface area contributed by atoms with Gasteiger partial charge >= 0.3 is 0 Å². The quantitative estimate of drug-likeness (QED) is 0.875. The van der Waals surface area contributed by atoms with Crippen molar-refractivity contribution in [3.05, 3.63) is 28.8 Å². The zero-order chi connectivity index (χ0) is 17.4. The highest BCUT2D eigenvalue weighted by atomic mass is 32.2. The molecule has 7 heteroatoms. The smallest absolute Gasteiger partial charge is 0.264 e. The lowest BCUT2D eigenvalue weighted by molar-refractivity contribution is -0.112. The van der Waals surface area contributed by atoms with Gasteiger partial charge in [-0.2, -0.15) is 0 Å². The summed E-state index contributed by atoms with van der Waals surface area (Å²) in [6.07, 6.45) is 3.36. The molecule has 1 aliphatic carbocycles. The zero-order valence-corrected chi connectivity index (χ0v) is 15.2. The molecule has 3 aliphatic rings. The predicted molar refractivity (Wildman–Crippen MR) is 99.1 cm³/mol. The summed E-state index contributed by atoms with van der Waals surface area (Å²) in [6, 6.07) is 5.37. The summed E-state index contributed by atoms with van der Waals surface area (Å²) in [5.41, 5.74) is 1.83. The summed E-state index contributed by atoms with van der Waals surface area (Å²) in [4.78, 5) is 20.6. The first-order chi connectivity index (χ1) is 12.2. The van der Waals surface area contributed by atoms with Crippen molar-refractivity contribution in [1.29, 1.82) is 0 Å². The molecule has 6 nitrogen and oxygen atoms in total. The molecule has 0 atom stereocenters. The number of rotatable bonds is 5. The van der Waals surface area contributed by atoms with Crippen LogP contribution in [0.3, 0.4) is 0 Å². The highest BCUT2D eigenvalue weighted by molar-refractivity contribution is 8.18. The number of anilines is 1. The standard InChI is InChI=1S/C18H21N3O3S/c1-23-13-8-12(9-14(10-13)24-2)20-17(22)16-15(11-4-5-11)21-7-3-6-19-18(21)25-16/h8-11H,3-7H2,1-2H3,(H,20,22). The number of amidine groups is 1. The SMILES string of the molecule is COc1cc(NC(=O)C2=C(C3CC3)N3CCCN=C3S2)cc(OC)c1. The lowest BCUT2D eigenvalue weighted by Gasteiger charge is -2.25. The van der Waals surface area contributed by atoms with Gasteiger partial charge in [-0.15, -0.1) is 0 Å². The maximum atomic E-state index is 12.9. The number of hydrogen-bond donors (Lipinski definition) is 1. The first-order valence-corrected chi connectivity index (χ1v) is 9.29. The fraction of sp³-hybridized carbons (Fsp3) is 0.444. The van der Waals surface area contributed by atoms with Crippen LogP contribution in [0.4, 0.5) is 5.69 Å². The molecule has 4 rings (SSSR count). The van der Waals surface area contributed by atoms with E-state index in [-0.39, 0.29) is 5.91 Å². The number of fused-ring (bicyclic) bond motifs is 1. The van der Waals surface area contributed by atoms with Crippen LogP contribution in [-0.4, -0.2) is 43.3 Å². The molecule has 2 aliphatic heterocycles. The number of methoxy groups -OCH3 is 2. The van der Waals surface area contributed by atoms with Gasteiger partial charge in [-0.3, -0.25) is 9.79 Å². The number of thioether (sulfide) groups is 1. The largest absolute Gasteiger partial charge is 0.497 e. The molecule has 132 valence electrons. The van der Waals surface area contributed by atoms with Gasteiger partial charge in [0, 0.05) is 48.6 Å². The highest BCUT2D eigenvalue weighted by Gasteiger charge is 2.42. The van der Waals surface area contributed by atoms with Crippen LogP contribution in [0.5, 0.6) is 11.5 Å². The van der Waals surface area contributed by atoms with E-state index in [2.05, 4.69) is 15.2 Å². The Morgan fingerprint density at radius 3 is 2.60 bits per heavy atom. The van der Waals surface area contributed by atoms with Crippen LogP contribution < -0.4 is 14.8 Å². The van der Waals surface area contributed by atoms with Gasteiger partial charge in [0.25, 0.3) is 5.91 Å². The molecule has 1 amide bonds. The Bertz CT molecular complexity index is 749. The Kier molecular flexibility index (Phi) is 4.33. The Morgan fingerprint density at radius 1 is 1.24 bits per heavy atom. The molecule has 0 saturated heterocycles. The third kappa shape index (κ3) is 3.20. The fourth-order valence-corrected chi connectivity index (χ4v) is 4.32. The Hall–Kier alpha value is -2.15. The van der Waals surface area contributed by atoms with Crippen LogP contribution in [0.2, 0.25) is 0 Å². The number of amides is 1. The average Bonchev–Trinajstić information content (AvgIpc) is 3.40. The predicted octanol–water partition coefficient (Wildman–Crippen LogP) is 3.07. The van der Waals surface area contributed by atoms with Crippen molar-refractivity contribution in [1.82, 2.24) is 4.90 Å². The van der Waals surface area contributed by atoms with E-state index in [1.807, 2.05) is 0 Å². The molecule has 1 saturated carbocycles. The normalized spacial score (nSPS) is 19.4. The highest BCUT2D eigenvalue weighted by Crippen LogP contribution is 2.48. The van der Waals surface area contributed by atoms with E-state index < -0.39 is 0 Å². The van der Waals surface area contributed by atoms with Crippen molar-refractivity contribution >= 4 is 28.5 Å². The van der Waals surface area contributed by atoms with Gasteiger partial charge in [0.2, 0.25) is 0 Å². The van der Waals surface area contributed by atoms with E-state index in [9.17, 15) is 4.79 Å². The summed E-state index contributed by atoms with van der Waals surface area (Å²) >= 11 is 1.50. The van der Waals surface area contributed by atoms with Gasteiger partial charge in [0.15, 0.2) is 5.17 Å². The summed E-state index contributed by atoms with van der Waals surface area (Å²) in [7, 11) is 3.19. The molecule has 0 aromatic heterocycles. The number of carbonyl (C=O) groups is 1. The topological polar surface area (TPSA) is 63.2 Å². The lowest BCUT2D eigenvalue weighted by Crippen LogP contribution is -2.30. The van der Waals surface area contributed by atoms with Crippen LogP contribution in [-0.2, 0) is 4.79 Å². The van der Waals surface area contributed by atoms with Crippen molar-refractivity contribution in [3.63, 3.8) is 0 Å². The number of benzene rings is 1. The number of allylic oxidation sites excluding steroid dienone is 1. The van der Waals surface area contributed by atoms with E-state index >= 15 is 0 Å². The molecule has 1 aromatic rings. The molecule has 1 aromatic carbocycles. The van der Waals surface area contributed by atoms with Gasteiger partial charge in [-0.05, 0) is 31.0 Å². The Labute approximate surface area is 151 Å². The summed E-state index contributed by atoms with van der Waals surface area (Å²) in [5.74, 6) is 1.71. The number of hydrogen-bond acceptors (Lipinski definition) is 6. The molecular formula is C18H21N3O3S. The van der Waals surface area contributed by atoms with E-state index in [1.165, 1.54) is 11.8 Å².